The van der Waals surface area contributed by atoms with E-state index in [1.165, 1.54) is 43.4 Å². The zero-order valence-corrected chi connectivity index (χ0v) is 23.1. The van der Waals surface area contributed by atoms with Crippen LogP contribution in [0, 0.1) is 0 Å². The van der Waals surface area contributed by atoms with Crippen LogP contribution >= 0.6 is 0 Å². The van der Waals surface area contributed by atoms with Gasteiger partial charge in [-0.15, -0.1) is 0 Å². The fourth-order valence-electron chi connectivity index (χ4n) is 6.19. The Morgan fingerprint density at radius 2 is 0.950 bits per heavy atom. The number of fused-ring (bicyclic) bond motifs is 9. The Morgan fingerprint density at radius 3 is 1.57 bits per heavy atom. The van der Waals surface area contributed by atoms with E-state index in [1.54, 1.807) is 0 Å². The molecule has 7 aromatic rings. The molecule has 0 aliphatic carbocycles. The van der Waals surface area contributed by atoms with Gasteiger partial charge in [0.25, 0.3) is 0 Å². The van der Waals surface area contributed by atoms with Crippen LogP contribution in [0.1, 0.15) is 27.7 Å². The fourth-order valence-corrected chi connectivity index (χ4v) is 6.19. The first-order valence-corrected chi connectivity index (χ1v) is 13.9. The predicted octanol–water partition coefficient (Wildman–Crippen LogP) is 9.01. The lowest BCUT2D eigenvalue weighted by molar-refractivity contribution is 0.00578. The first kappa shape index (κ1) is 23.7. The average molecular weight is 520 g/mol. The molecule has 2 heterocycles. The van der Waals surface area contributed by atoms with E-state index >= 15 is 0 Å². The van der Waals surface area contributed by atoms with Gasteiger partial charge in [-0.25, -0.2) is 0 Å². The molecular formula is C36H29BO3. The summed E-state index contributed by atoms with van der Waals surface area (Å²) in [5.74, 6) is 0. The lowest BCUT2D eigenvalue weighted by atomic mass is 9.79. The van der Waals surface area contributed by atoms with E-state index in [4.69, 9.17) is 13.7 Å². The maximum absolute atomic E-state index is 6.31. The van der Waals surface area contributed by atoms with Gasteiger partial charge in [0.15, 0.2) is 0 Å². The largest absolute Gasteiger partial charge is 0.494 e. The van der Waals surface area contributed by atoms with Crippen molar-refractivity contribution in [2.45, 2.75) is 38.9 Å². The van der Waals surface area contributed by atoms with Crippen LogP contribution in [0.5, 0.6) is 0 Å². The van der Waals surface area contributed by atoms with Gasteiger partial charge in [-0.2, -0.15) is 0 Å². The SMILES string of the molecule is CC1(C)OB(c2ccc3c(c2)oc2ccc(-c4ccc5c6ccccc6c6ccccc6c5c4)cc23)OC1(C)C. The van der Waals surface area contributed by atoms with Crippen molar-refractivity contribution in [3.05, 3.63) is 103 Å². The second kappa shape index (κ2) is 8.20. The summed E-state index contributed by atoms with van der Waals surface area (Å²) in [4.78, 5) is 0. The molecule has 0 spiro atoms. The topological polar surface area (TPSA) is 31.6 Å². The smallest absolute Gasteiger partial charge is 0.456 e. The molecule has 40 heavy (non-hydrogen) atoms. The molecule has 194 valence electrons. The van der Waals surface area contributed by atoms with E-state index in [0.717, 1.165) is 27.4 Å². The van der Waals surface area contributed by atoms with Crippen molar-refractivity contribution in [1.29, 1.82) is 0 Å². The molecular weight excluding hydrogens is 491 g/mol. The fraction of sp³-hybridized carbons (Fsp3) is 0.167. The minimum Gasteiger partial charge on any atom is -0.456 e. The molecule has 4 heteroatoms. The first-order chi connectivity index (χ1) is 19.3. The van der Waals surface area contributed by atoms with E-state index in [2.05, 4.69) is 131 Å². The van der Waals surface area contributed by atoms with Crippen LogP contribution in [0.15, 0.2) is 108 Å². The highest BCUT2D eigenvalue weighted by molar-refractivity contribution is 6.62. The van der Waals surface area contributed by atoms with Crippen molar-refractivity contribution in [3.8, 4) is 11.1 Å². The van der Waals surface area contributed by atoms with Crippen molar-refractivity contribution in [2.75, 3.05) is 0 Å². The Labute approximate surface area is 233 Å². The van der Waals surface area contributed by atoms with E-state index in [0.29, 0.717) is 0 Å². The molecule has 0 bridgehead atoms. The standard InChI is InChI=1S/C36H29BO3/c1-35(2)36(3,4)40-37(39-35)24-15-17-30-32-20-23(14-18-33(32)38-34(30)21-24)22-13-16-29-27-11-6-5-9-25(27)26-10-7-8-12-28(26)31(29)19-22/h5-21H,1-4H3. The zero-order valence-electron chi connectivity index (χ0n) is 23.1. The summed E-state index contributed by atoms with van der Waals surface area (Å²) in [7, 11) is -0.415. The van der Waals surface area contributed by atoms with Gasteiger partial charge in [-0.1, -0.05) is 78.9 Å². The summed E-state index contributed by atoms with van der Waals surface area (Å²) in [5.41, 5.74) is 4.29. The molecule has 1 fully saturated rings. The van der Waals surface area contributed by atoms with E-state index in [9.17, 15) is 0 Å². The molecule has 0 saturated carbocycles. The van der Waals surface area contributed by atoms with Gasteiger partial charge in [0.2, 0.25) is 0 Å². The average Bonchev–Trinajstić information content (AvgIpc) is 3.44. The molecule has 8 rings (SSSR count). The molecule has 0 unspecified atom stereocenters. The van der Waals surface area contributed by atoms with Crippen LogP contribution in [-0.2, 0) is 9.31 Å². The minimum absolute atomic E-state index is 0.382. The monoisotopic (exact) mass is 520 g/mol. The number of hydrogen-bond acceptors (Lipinski definition) is 3. The van der Waals surface area contributed by atoms with Gasteiger partial charge in [0, 0.05) is 10.8 Å². The summed E-state index contributed by atoms with van der Waals surface area (Å²) < 4.78 is 18.9. The van der Waals surface area contributed by atoms with Crippen LogP contribution < -0.4 is 5.46 Å². The molecule has 1 aliphatic rings. The number of rotatable bonds is 2. The Kier molecular flexibility index (Phi) is 4.87. The maximum Gasteiger partial charge on any atom is 0.494 e. The Morgan fingerprint density at radius 1 is 0.450 bits per heavy atom. The highest BCUT2D eigenvalue weighted by Crippen LogP contribution is 2.39. The Bertz CT molecular complexity index is 2080. The predicted molar refractivity (Wildman–Crippen MR) is 167 cm³/mol. The van der Waals surface area contributed by atoms with Crippen molar-refractivity contribution in [2.24, 2.45) is 0 Å². The number of furan rings is 1. The third-order valence-electron chi connectivity index (χ3n) is 9.10. The van der Waals surface area contributed by atoms with Gasteiger partial charge in [0.05, 0.1) is 11.2 Å². The summed E-state index contributed by atoms with van der Waals surface area (Å²) in [6.45, 7) is 8.30. The van der Waals surface area contributed by atoms with Gasteiger partial charge in [-0.3, -0.25) is 0 Å². The Hall–Kier alpha value is -4.12. The van der Waals surface area contributed by atoms with Crippen molar-refractivity contribution >= 4 is 66.8 Å². The first-order valence-electron chi connectivity index (χ1n) is 13.9. The zero-order chi connectivity index (χ0) is 27.2. The highest BCUT2D eigenvalue weighted by Gasteiger charge is 2.51. The number of benzene rings is 6. The van der Waals surface area contributed by atoms with Crippen molar-refractivity contribution < 1.29 is 13.7 Å². The van der Waals surface area contributed by atoms with Gasteiger partial charge in [-0.05, 0) is 101 Å². The van der Waals surface area contributed by atoms with Crippen LogP contribution in [-0.4, -0.2) is 18.3 Å². The second-order valence-corrected chi connectivity index (χ2v) is 12.0. The summed E-state index contributed by atoms with van der Waals surface area (Å²) in [6.07, 6.45) is 0. The van der Waals surface area contributed by atoms with Crippen LogP contribution in [0.3, 0.4) is 0 Å². The lowest BCUT2D eigenvalue weighted by Gasteiger charge is -2.32. The molecule has 0 atom stereocenters. The molecule has 1 aromatic heterocycles. The molecule has 0 N–H and O–H groups in total. The van der Waals surface area contributed by atoms with Gasteiger partial charge in [0.1, 0.15) is 11.2 Å². The minimum atomic E-state index is -0.415. The Balaban J connectivity index is 1.25. The van der Waals surface area contributed by atoms with Gasteiger partial charge < -0.3 is 13.7 Å². The van der Waals surface area contributed by atoms with E-state index < -0.39 is 7.12 Å². The number of hydrogen-bond donors (Lipinski definition) is 0. The van der Waals surface area contributed by atoms with E-state index in [1.807, 2.05) is 0 Å². The molecule has 0 radical (unpaired) electrons. The van der Waals surface area contributed by atoms with Crippen molar-refractivity contribution in [3.63, 3.8) is 0 Å². The molecule has 0 amide bonds. The van der Waals surface area contributed by atoms with E-state index in [-0.39, 0.29) is 11.2 Å². The maximum atomic E-state index is 6.31. The third-order valence-corrected chi connectivity index (χ3v) is 9.10. The summed E-state index contributed by atoms with van der Waals surface area (Å²) >= 11 is 0. The summed E-state index contributed by atoms with van der Waals surface area (Å²) in [5, 5.41) is 9.91. The third kappa shape index (κ3) is 3.40. The molecule has 1 saturated heterocycles. The quantitative estimate of drug-likeness (QED) is 0.168. The lowest BCUT2D eigenvalue weighted by Crippen LogP contribution is -2.41. The normalized spacial score (nSPS) is 16.6. The molecule has 6 aromatic carbocycles. The second-order valence-electron chi connectivity index (χ2n) is 12.0. The molecule has 1 aliphatic heterocycles. The summed E-state index contributed by atoms with van der Waals surface area (Å²) in [6, 6.07) is 37.0. The van der Waals surface area contributed by atoms with Crippen LogP contribution in [0.25, 0.3) is 65.4 Å². The van der Waals surface area contributed by atoms with Gasteiger partial charge >= 0.3 is 7.12 Å². The van der Waals surface area contributed by atoms with Crippen molar-refractivity contribution in [1.82, 2.24) is 0 Å². The highest BCUT2D eigenvalue weighted by atomic mass is 16.7. The van der Waals surface area contributed by atoms with Crippen LogP contribution in [0.4, 0.5) is 0 Å². The van der Waals surface area contributed by atoms with Crippen LogP contribution in [0.2, 0.25) is 0 Å². The molecule has 3 nitrogen and oxygen atoms in total.